The van der Waals surface area contributed by atoms with Gasteiger partial charge in [0.1, 0.15) is 5.75 Å². The number of morpholine rings is 1. The molecule has 0 aromatic heterocycles. The summed E-state index contributed by atoms with van der Waals surface area (Å²) >= 11 is 0. The van der Waals surface area contributed by atoms with Gasteiger partial charge in [-0.1, -0.05) is 18.2 Å². The molecule has 27 heavy (non-hydrogen) atoms. The van der Waals surface area contributed by atoms with Crippen molar-refractivity contribution in [3.63, 3.8) is 0 Å². The number of carbonyl (C=O) groups excluding carboxylic acids is 1. The van der Waals surface area contributed by atoms with Gasteiger partial charge >= 0.3 is 0 Å². The Balaban J connectivity index is 1.47. The van der Waals surface area contributed by atoms with E-state index >= 15 is 0 Å². The number of ether oxygens (including phenoxy) is 2. The van der Waals surface area contributed by atoms with Gasteiger partial charge in [-0.05, 0) is 23.8 Å². The molecule has 0 radical (unpaired) electrons. The second-order valence-electron chi connectivity index (χ2n) is 6.18. The maximum atomic E-state index is 12.0. The zero-order valence-electron chi connectivity index (χ0n) is 14.8. The first-order valence-corrected chi connectivity index (χ1v) is 8.66. The summed E-state index contributed by atoms with van der Waals surface area (Å²) in [5.41, 5.74) is 1.76. The molecular formula is C19H21N3O5. The molecule has 0 spiro atoms. The number of hydrogen-bond donors (Lipinski definition) is 1. The first-order valence-electron chi connectivity index (χ1n) is 8.66. The van der Waals surface area contributed by atoms with E-state index in [1.165, 1.54) is 23.8 Å². The highest BCUT2D eigenvalue weighted by Crippen LogP contribution is 2.19. The Morgan fingerprint density at radius 2 is 1.93 bits per heavy atom. The summed E-state index contributed by atoms with van der Waals surface area (Å²) in [4.78, 5) is 24.6. The Bertz CT molecular complexity index is 788. The number of nitrogens with one attached hydrogen (secondary N) is 1. The highest BCUT2D eigenvalue weighted by atomic mass is 16.6. The number of nitrogens with zero attached hydrogens (tertiary/aromatic N) is 2. The standard InChI is InChI=1S/C19H21N3O5/c23-19(14-27-18-3-1-2-17(12-18)22(24)25)20-16-6-4-15(5-7-16)13-21-8-10-26-11-9-21/h1-7,12H,8-11,13-14H2,(H,20,23). The molecule has 0 bridgehead atoms. The summed E-state index contributed by atoms with van der Waals surface area (Å²) in [6.07, 6.45) is 0. The monoisotopic (exact) mass is 371 g/mol. The summed E-state index contributed by atoms with van der Waals surface area (Å²) < 4.78 is 10.7. The van der Waals surface area contributed by atoms with Gasteiger partial charge in [0.25, 0.3) is 11.6 Å². The Labute approximate surface area is 156 Å². The number of amides is 1. The van der Waals surface area contributed by atoms with Crippen LogP contribution in [0.4, 0.5) is 11.4 Å². The third-order valence-corrected chi connectivity index (χ3v) is 4.15. The largest absolute Gasteiger partial charge is 0.484 e. The number of nitro groups is 1. The van der Waals surface area contributed by atoms with Crippen LogP contribution in [0.25, 0.3) is 0 Å². The molecule has 1 N–H and O–H groups in total. The van der Waals surface area contributed by atoms with Crippen LogP contribution in [-0.4, -0.2) is 48.6 Å². The maximum absolute atomic E-state index is 12.0. The molecule has 2 aromatic rings. The molecule has 8 nitrogen and oxygen atoms in total. The second-order valence-corrected chi connectivity index (χ2v) is 6.18. The van der Waals surface area contributed by atoms with Gasteiger partial charge in [-0.3, -0.25) is 19.8 Å². The number of nitro benzene ring substituents is 1. The lowest BCUT2D eigenvalue weighted by Gasteiger charge is -2.26. The van der Waals surface area contributed by atoms with E-state index in [1.807, 2.05) is 24.3 Å². The predicted molar refractivity (Wildman–Crippen MR) is 99.8 cm³/mol. The van der Waals surface area contributed by atoms with Crippen molar-refractivity contribution in [1.29, 1.82) is 0 Å². The van der Waals surface area contributed by atoms with Crippen LogP contribution in [0.5, 0.6) is 5.75 Å². The number of rotatable bonds is 7. The zero-order valence-corrected chi connectivity index (χ0v) is 14.8. The van der Waals surface area contributed by atoms with Crippen LogP contribution in [-0.2, 0) is 16.1 Å². The van der Waals surface area contributed by atoms with Gasteiger partial charge in [0.05, 0.1) is 24.2 Å². The lowest BCUT2D eigenvalue weighted by molar-refractivity contribution is -0.384. The minimum Gasteiger partial charge on any atom is -0.484 e. The Hall–Kier alpha value is -2.97. The predicted octanol–water partition coefficient (Wildman–Crippen LogP) is 2.44. The summed E-state index contributed by atoms with van der Waals surface area (Å²) in [6, 6.07) is 13.4. The molecule has 0 unspecified atom stereocenters. The maximum Gasteiger partial charge on any atom is 0.273 e. The van der Waals surface area contributed by atoms with Gasteiger partial charge in [0, 0.05) is 31.4 Å². The van der Waals surface area contributed by atoms with Crippen molar-refractivity contribution in [3.05, 3.63) is 64.2 Å². The quantitative estimate of drug-likeness (QED) is 0.593. The molecule has 1 saturated heterocycles. The first kappa shape index (κ1) is 18.8. The zero-order chi connectivity index (χ0) is 19.1. The molecular weight excluding hydrogens is 350 g/mol. The van der Waals surface area contributed by atoms with E-state index in [1.54, 1.807) is 6.07 Å². The fourth-order valence-corrected chi connectivity index (χ4v) is 2.74. The summed E-state index contributed by atoms with van der Waals surface area (Å²) in [5, 5.41) is 13.5. The number of anilines is 1. The minimum atomic E-state index is -0.509. The number of carbonyl (C=O) groups is 1. The van der Waals surface area contributed by atoms with Crippen molar-refractivity contribution >= 4 is 17.3 Å². The molecule has 1 heterocycles. The lowest BCUT2D eigenvalue weighted by Crippen LogP contribution is -2.35. The molecule has 0 aliphatic carbocycles. The fourth-order valence-electron chi connectivity index (χ4n) is 2.74. The van der Waals surface area contributed by atoms with E-state index in [9.17, 15) is 14.9 Å². The van der Waals surface area contributed by atoms with Crippen LogP contribution in [0.1, 0.15) is 5.56 Å². The van der Waals surface area contributed by atoms with Crippen molar-refractivity contribution in [2.24, 2.45) is 0 Å². The van der Waals surface area contributed by atoms with E-state index < -0.39 is 4.92 Å². The molecule has 2 aromatic carbocycles. The number of non-ortho nitro benzene ring substituents is 1. The first-order chi connectivity index (χ1) is 13.1. The molecule has 1 amide bonds. The van der Waals surface area contributed by atoms with Crippen molar-refractivity contribution < 1.29 is 19.2 Å². The smallest absolute Gasteiger partial charge is 0.273 e. The van der Waals surface area contributed by atoms with E-state index in [4.69, 9.17) is 9.47 Å². The van der Waals surface area contributed by atoms with Gasteiger partial charge in [0.15, 0.2) is 6.61 Å². The highest BCUT2D eigenvalue weighted by Gasteiger charge is 2.11. The molecule has 0 saturated carbocycles. The van der Waals surface area contributed by atoms with Crippen LogP contribution in [0.15, 0.2) is 48.5 Å². The second kappa shape index (κ2) is 9.11. The third-order valence-electron chi connectivity index (χ3n) is 4.15. The third kappa shape index (κ3) is 5.77. The van der Waals surface area contributed by atoms with Gasteiger partial charge in [-0.15, -0.1) is 0 Å². The number of benzene rings is 2. The van der Waals surface area contributed by atoms with E-state index in [0.717, 1.165) is 32.8 Å². The minimum absolute atomic E-state index is 0.0798. The van der Waals surface area contributed by atoms with E-state index in [0.29, 0.717) is 5.69 Å². The van der Waals surface area contributed by atoms with Crippen LogP contribution < -0.4 is 10.1 Å². The molecule has 0 atom stereocenters. The van der Waals surface area contributed by atoms with Crippen molar-refractivity contribution in [2.45, 2.75) is 6.54 Å². The fraction of sp³-hybridized carbons (Fsp3) is 0.316. The summed E-state index contributed by atoms with van der Waals surface area (Å²) in [6.45, 7) is 4.00. The van der Waals surface area contributed by atoms with Gasteiger partial charge in [-0.25, -0.2) is 0 Å². The van der Waals surface area contributed by atoms with E-state index in [2.05, 4.69) is 10.2 Å². The van der Waals surface area contributed by atoms with Crippen LogP contribution >= 0.6 is 0 Å². The van der Waals surface area contributed by atoms with Gasteiger partial charge < -0.3 is 14.8 Å². The number of hydrogen-bond acceptors (Lipinski definition) is 6. The molecule has 3 rings (SSSR count). The SMILES string of the molecule is O=C(COc1cccc([N+](=O)[O-])c1)Nc1ccc(CN2CCOCC2)cc1. The Kier molecular flexibility index (Phi) is 6.35. The average Bonchev–Trinajstić information content (AvgIpc) is 2.69. The van der Waals surface area contributed by atoms with Crippen LogP contribution in [0, 0.1) is 10.1 Å². The van der Waals surface area contributed by atoms with Crippen molar-refractivity contribution in [1.82, 2.24) is 4.90 Å². The molecule has 1 fully saturated rings. The topological polar surface area (TPSA) is 93.9 Å². The normalized spacial score (nSPS) is 14.5. The highest BCUT2D eigenvalue weighted by molar-refractivity contribution is 5.91. The van der Waals surface area contributed by atoms with Crippen LogP contribution in [0.2, 0.25) is 0 Å². The average molecular weight is 371 g/mol. The molecule has 1 aliphatic heterocycles. The summed E-state index contributed by atoms with van der Waals surface area (Å²) in [7, 11) is 0. The Morgan fingerprint density at radius 3 is 2.63 bits per heavy atom. The molecule has 1 aliphatic rings. The van der Waals surface area contributed by atoms with Crippen molar-refractivity contribution in [2.75, 3.05) is 38.2 Å². The molecule has 8 heteroatoms. The summed E-state index contributed by atoms with van der Waals surface area (Å²) in [5.74, 6) is -0.0531. The molecule has 142 valence electrons. The van der Waals surface area contributed by atoms with Gasteiger partial charge in [0.2, 0.25) is 0 Å². The van der Waals surface area contributed by atoms with Crippen molar-refractivity contribution in [3.8, 4) is 5.75 Å². The Morgan fingerprint density at radius 1 is 1.19 bits per heavy atom. The van der Waals surface area contributed by atoms with Crippen LogP contribution in [0.3, 0.4) is 0 Å². The lowest BCUT2D eigenvalue weighted by atomic mass is 10.2. The van der Waals surface area contributed by atoms with E-state index in [-0.39, 0.29) is 24.0 Å². The van der Waals surface area contributed by atoms with Gasteiger partial charge in [-0.2, -0.15) is 0 Å².